The molecule has 68 valence electrons. The van der Waals surface area contributed by atoms with Gasteiger partial charge in [0.1, 0.15) is 6.33 Å². The second-order valence-corrected chi connectivity index (χ2v) is 2.40. The molecule has 2 nitrogen and oxygen atoms in total. The highest BCUT2D eigenvalue weighted by molar-refractivity contribution is 5.41. The summed E-state index contributed by atoms with van der Waals surface area (Å²) in [6.45, 7) is 4.00. The van der Waals surface area contributed by atoms with Gasteiger partial charge in [0.2, 0.25) is 0 Å². The van der Waals surface area contributed by atoms with Gasteiger partial charge in [0, 0.05) is 11.4 Å². The fourth-order valence-corrected chi connectivity index (χ4v) is 1.08. The average molecular weight is 174 g/mol. The van der Waals surface area contributed by atoms with E-state index < -0.39 is 0 Å². The van der Waals surface area contributed by atoms with Gasteiger partial charge in [0.05, 0.1) is 5.35 Å². The molecule has 0 atom stereocenters. The van der Waals surface area contributed by atoms with Crippen molar-refractivity contribution in [3.8, 4) is 0 Å². The maximum atomic E-state index is 4.13. The van der Waals surface area contributed by atoms with E-state index in [1.807, 2.05) is 32.2 Å². The van der Waals surface area contributed by atoms with Crippen LogP contribution in [0.15, 0.2) is 24.7 Å². The second kappa shape index (κ2) is 5.25. The SMILES string of the molecule is C1=CCC=c2cncnc2=C1.CC. The summed E-state index contributed by atoms with van der Waals surface area (Å²) in [6, 6.07) is 0. The van der Waals surface area contributed by atoms with Crippen molar-refractivity contribution >= 4 is 12.2 Å². The Kier molecular flexibility index (Phi) is 3.89. The molecule has 0 unspecified atom stereocenters. The Morgan fingerprint density at radius 2 is 2.15 bits per heavy atom. The smallest absolute Gasteiger partial charge is 0.116 e. The Morgan fingerprint density at radius 1 is 1.31 bits per heavy atom. The molecular weight excluding hydrogens is 160 g/mol. The van der Waals surface area contributed by atoms with Crippen LogP contribution in [0.1, 0.15) is 20.3 Å². The second-order valence-electron chi connectivity index (χ2n) is 2.40. The first-order valence-electron chi connectivity index (χ1n) is 4.60. The molecule has 1 aliphatic carbocycles. The van der Waals surface area contributed by atoms with E-state index in [0.717, 1.165) is 17.0 Å². The highest BCUT2D eigenvalue weighted by atomic mass is 14.8. The number of nitrogens with zero attached hydrogens (tertiary/aromatic N) is 2. The predicted octanol–water partition coefficient (Wildman–Crippen LogP) is 1.02. The molecule has 0 saturated heterocycles. The molecule has 0 aliphatic heterocycles. The number of hydrogen-bond donors (Lipinski definition) is 0. The summed E-state index contributed by atoms with van der Waals surface area (Å²) in [5.74, 6) is 0. The Hall–Kier alpha value is -1.44. The van der Waals surface area contributed by atoms with Crippen LogP contribution < -0.4 is 10.6 Å². The zero-order valence-electron chi connectivity index (χ0n) is 8.07. The number of fused-ring (bicyclic) bond motifs is 1. The summed E-state index contributed by atoms with van der Waals surface area (Å²) < 4.78 is 0. The number of allylic oxidation sites excluding steroid dienone is 2. The van der Waals surface area contributed by atoms with E-state index in [4.69, 9.17) is 0 Å². The van der Waals surface area contributed by atoms with Gasteiger partial charge in [-0.1, -0.05) is 32.1 Å². The Morgan fingerprint density at radius 3 is 3.00 bits per heavy atom. The minimum atomic E-state index is 0.969. The molecule has 0 spiro atoms. The van der Waals surface area contributed by atoms with Gasteiger partial charge >= 0.3 is 0 Å². The fraction of sp³-hybridized carbons (Fsp3) is 0.273. The lowest BCUT2D eigenvalue weighted by atomic mass is 10.3. The normalized spacial score (nSPS) is 12.5. The van der Waals surface area contributed by atoms with Crippen molar-refractivity contribution in [1.29, 1.82) is 0 Å². The molecule has 0 aromatic carbocycles. The minimum Gasteiger partial charge on any atom is -0.244 e. The summed E-state index contributed by atoms with van der Waals surface area (Å²) in [7, 11) is 0. The quantitative estimate of drug-likeness (QED) is 0.587. The van der Waals surface area contributed by atoms with Crippen molar-refractivity contribution in [2.24, 2.45) is 0 Å². The van der Waals surface area contributed by atoms with Crippen LogP contribution in [0.25, 0.3) is 12.2 Å². The average Bonchev–Trinajstić information content (AvgIpc) is 2.45. The number of aromatic nitrogens is 2. The zero-order valence-corrected chi connectivity index (χ0v) is 8.07. The lowest BCUT2D eigenvalue weighted by Crippen LogP contribution is -2.27. The summed E-state index contributed by atoms with van der Waals surface area (Å²) in [5, 5.41) is 2.13. The van der Waals surface area contributed by atoms with Crippen molar-refractivity contribution in [2.75, 3.05) is 0 Å². The van der Waals surface area contributed by atoms with Crippen molar-refractivity contribution in [3.05, 3.63) is 35.2 Å². The van der Waals surface area contributed by atoms with Gasteiger partial charge < -0.3 is 0 Å². The molecule has 0 saturated carbocycles. The molecule has 1 heterocycles. The molecule has 1 aromatic heterocycles. The number of rotatable bonds is 0. The van der Waals surface area contributed by atoms with Gasteiger partial charge in [0.15, 0.2) is 0 Å². The predicted molar refractivity (Wildman–Crippen MR) is 55.3 cm³/mol. The Balaban J connectivity index is 0.000000396. The van der Waals surface area contributed by atoms with Crippen molar-refractivity contribution in [1.82, 2.24) is 9.97 Å². The van der Waals surface area contributed by atoms with Crippen LogP contribution in [0.2, 0.25) is 0 Å². The topological polar surface area (TPSA) is 25.8 Å². The third-order valence-electron chi connectivity index (χ3n) is 1.64. The maximum absolute atomic E-state index is 4.13. The molecule has 13 heavy (non-hydrogen) atoms. The third-order valence-corrected chi connectivity index (χ3v) is 1.64. The third kappa shape index (κ3) is 2.51. The van der Waals surface area contributed by atoms with Crippen LogP contribution in [0.5, 0.6) is 0 Å². The van der Waals surface area contributed by atoms with E-state index in [-0.39, 0.29) is 0 Å². The van der Waals surface area contributed by atoms with Gasteiger partial charge in [-0.3, -0.25) is 0 Å². The van der Waals surface area contributed by atoms with E-state index in [1.165, 1.54) is 0 Å². The van der Waals surface area contributed by atoms with Crippen LogP contribution >= 0.6 is 0 Å². The molecule has 2 rings (SSSR count). The van der Waals surface area contributed by atoms with E-state index in [9.17, 15) is 0 Å². The minimum absolute atomic E-state index is 0.969. The molecule has 0 bridgehead atoms. The Labute approximate surface area is 78.4 Å². The van der Waals surface area contributed by atoms with Crippen molar-refractivity contribution in [3.63, 3.8) is 0 Å². The highest BCUT2D eigenvalue weighted by Gasteiger charge is 1.86. The lowest BCUT2D eigenvalue weighted by molar-refractivity contribution is 1.10. The molecule has 0 radical (unpaired) electrons. The van der Waals surface area contributed by atoms with Crippen LogP contribution in [0.3, 0.4) is 0 Å². The summed E-state index contributed by atoms with van der Waals surface area (Å²) in [4.78, 5) is 8.08. The Bertz CT molecular complexity index is 391. The van der Waals surface area contributed by atoms with E-state index >= 15 is 0 Å². The van der Waals surface area contributed by atoms with E-state index in [1.54, 1.807) is 6.33 Å². The molecule has 2 heteroatoms. The monoisotopic (exact) mass is 174 g/mol. The van der Waals surface area contributed by atoms with Gasteiger partial charge in [0.25, 0.3) is 0 Å². The highest BCUT2D eigenvalue weighted by Crippen LogP contribution is 1.86. The fourth-order valence-electron chi connectivity index (χ4n) is 1.08. The first kappa shape index (κ1) is 9.65. The van der Waals surface area contributed by atoms with Gasteiger partial charge in [-0.25, -0.2) is 9.97 Å². The largest absolute Gasteiger partial charge is 0.244 e. The summed E-state index contributed by atoms with van der Waals surface area (Å²) in [5.41, 5.74) is 0. The first-order valence-corrected chi connectivity index (χ1v) is 4.60. The van der Waals surface area contributed by atoms with E-state index in [0.29, 0.717) is 0 Å². The van der Waals surface area contributed by atoms with Crippen LogP contribution in [-0.4, -0.2) is 9.97 Å². The van der Waals surface area contributed by atoms with Gasteiger partial charge in [-0.05, 0) is 12.5 Å². The molecular formula is C11H14N2. The molecule has 0 amide bonds. The van der Waals surface area contributed by atoms with Gasteiger partial charge in [-0.15, -0.1) is 0 Å². The van der Waals surface area contributed by atoms with Crippen LogP contribution in [0.4, 0.5) is 0 Å². The van der Waals surface area contributed by atoms with E-state index in [2.05, 4.69) is 22.1 Å². The number of hydrogen-bond acceptors (Lipinski definition) is 2. The maximum Gasteiger partial charge on any atom is 0.116 e. The summed E-state index contributed by atoms with van der Waals surface area (Å²) in [6.07, 6.45) is 12.6. The summed E-state index contributed by atoms with van der Waals surface area (Å²) >= 11 is 0. The molecule has 1 aromatic rings. The molecule has 0 fully saturated rings. The standard InChI is InChI=1S/C9H8N2.C2H6/c1-2-4-8-6-10-7-11-9(8)5-3-1;1-2/h1,3-7H,2H2;1-2H3. The van der Waals surface area contributed by atoms with Crippen molar-refractivity contribution < 1.29 is 0 Å². The van der Waals surface area contributed by atoms with Gasteiger partial charge in [-0.2, -0.15) is 0 Å². The molecule has 1 aliphatic rings. The lowest BCUT2D eigenvalue weighted by Gasteiger charge is -1.84. The van der Waals surface area contributed by atoms with Crippen LogP contribution in [-0.2, 0) is 0 Å². The first-order chi connectivity index (χ1) is 6.47. The molecule has 0 N–H and O–H groups in total. The van der Waals surface area contributed by atoms with Crippen molar-refractivity contribution in [2.45, 2.75) is 20.3 Å². The van der Waals surface area contributed by atoms with Crippen LogP contribution in [0, 0.1) is 0 Å². The zero-order chi connectivity index (χ0) is 9.52.